The fraction of sp³-hybridized carbons (Fsp3) is 0.375. The number of nitrogens with zero attached hydrogens (tertiary/aromatic N) is 1. The summed E-state index contributed by atoms with van der Waals surface area (Å²) in [5, 5.41) is 7.80. The first kappa shape index (κ1) is 14.3. The third-order valence-electron chi connectivity index (χ3n) is 3.91. The molecule has 0 radical (unpaired) electrons. The van der Waals surface area contributed by atoms with E-state index in [1.807, 2.05) is 12.1 Å². The Balaban J connectivity index is 1.77. The van der Waals surface area contributed by atoms with Gasteiger partial charge in [-0.2, -0.15) is 0 Å². The number of piperidine rings is 1. The highest BCUT2D eigenvalue weighted by molar-refractivity contribution is 6.36. The van der Waals surface area contributed by atoms with Gasteiger partial charge in [0.05, 0.1) is 16.1 Å². The molecule has 1 atom stereocenters. The number of rotatable bonds is 3. The molecule has 0 saturated carbocycles. The number of aromatic nitrogens is 1. The highest BCUT2D eigenvalue weighted by Gasteiger charge is 2.16. The zero-order valence-corrected chi connectivity index (χ0v) is 12.5. The van der Waals surface area contributed by atoms with Crippen LogP contribution in [0.1, 0.15) is 23.2 Å². The van der Waals surface area contributed by atoms with Crippen molar-refractivity contribution in [1.29, 1.82) is 0 Å². The van der Waals surface area contributed by atoms with Crippen LogP contribution in [0.4, 0.5) is 0 Å². The Labute approximate surface area is 128 Å². The van der Waals surface area contributed by atoms with Gasteiger partial charge in [-0.1, -0.05) is 11.6 Å². The molecular formula is C16H18ClN3O. The first-order valence-electron chi connectivity index (χ1n) is 7.28. The zero-order chi connectivity index (χ0) is 14.7. The second-order valence-electron chi connectivity index (χ2n) is 5.42. The number of carbonyl (C=O) groups excluding carboxylic acids is 1. The highest BCUT2D eigenvalue weighted by atomic mass is 35.5. The maximum absolute atomic E-state index is 12.4. The number of hydrogen-bond acceptors (Lipinski definition) is 3. The normalized spacial score (nSPS) is 18.6. The minimum atomic E-state index is -0.0825. The van der Waals surface area contributed by atoms with Crippen LogP contribution >= 0.6 is 11.6 Å². The van der Waals surface area contributed by atoms with Crippen LogP contribution in [0.3, 0.4) is 0 Å². The van der Waals surface area contributed by atoms with Gasteiger partial charge in [0.25, 0.3) is 5.91 Å². The average Bonchev–Trinajstić information content (AvgIpc) is 2.54. The number of fused-ring (bicyclic) bond motifs is 1. The van der Waals surface area contributed by atoms with Gasteiger partial charge in [0.15, 0.2) is 0 Å². The lowest BCUT2D eigenvalue weighted by Gasteiger charge is -2.22. The number of pyridine rings is 1. The molecule has 0 spiro atoms. The molecule has 5 heteroatoms. The average molecular weight is 304 g/mol. The van der Waals surface area contributed by atoms with Crippen LogP contribution in [0, 0.1) is 5.92 Å². The Bertz CT molecular complexity index is 653. The van der Waals surface area contributed by atoms with Crippen molar-refractivity contribution >= 4 is 28.4 Å². The van der Waals surface area contributed by atoms with Crippen LogP contribution in [-0.2, 0) is 0 Å². The summed E-state index contributed by atoms with van der Waals surface area (Å²) >= 11 is 6.15. The van der Waals surface area contributed by atoms with E-state index in [1.54, 1.807) is 18.3 Å². The molecule has 1 saturated heterocycles. The predicted octanol–water partition coefficient (Wildman–Crippen LogP) is 2.62. The van der Waals surface area contributed by atoms with Gasteiger partial charge in [0.2, 0.25) is 0 Å². The van der Waals surface area contributed by atoms with Gasteiger partial charge in [-0.3, -0.25) is 9.78 Å². The molecule has 1 aromatic carbocycles. The lowest BCUT2D eigenvalue weighted by Crippen LogP contribution is -2.38. The Hall–Kier alpha value is -1.65. The van der Waals surface area contributed by atoms with Crippen molar-refractivity contribution in [3.63, 3.8) is 0 Å². The van der Waals surface area contributed by atoms with Gasteiger partial charge in [-0.25, -0.2) is 0 Å². The molecule has 2 aromatic rings. The van der Waals surface area contributed by atoms with Crippen LogP contribution < -0.4 is 10.6 Å². The van der Waals surface area contributed by atoms with Crippen molar-refractivity contribution in [2.45, 2.75) is 12.8 Å². The smallest absolute Gasteiger partial charge is 0.253 e. The number of carbonyl (C=O) groups is 1. The molecule has 3 rings (SSSR count). The summed E-state index contributed by atoms with van der Waals surface area (Å²) in [7, 11) is 0. The van der Waals surface area contributed by atoms with Crippen molar-refractivity contribution in [3.8, 4) is 0 Å². The Kier molecular flexibility index (Phi) is 4.36. The monoisotopic (exact) mass is 303 g/mol. The zero-order valence-electron chi connectivity index (χ0n) is 11.7. The minimum Gasteiger partial charge on any atom is -0.352 e. The summed E-state index contributed by atoms with van der Waals surface area (Å²) in [4.78, 5) is 16.7. The Morgan fingerprint density at radius 1 is 1.43 bits per heavy atom. The van der Waals surface area contributed by atoms with Crippen LogP contribution in [0.5, 0.6) is 0 Å². The van der Waals surface area contributed by atoms with Crippen molar-refractivity contribution in [2.24, 2.45) is 5.92 Å². The van der Waals surface area contributed by atoms with E-state index in [9.17, 15) is 4.79 Å². The van der Waals surface area contributed by atoms with E-state index >= 15 is 0 Å². The number of nitrogens with one attached hydrogen (secondary N) is 2. The first-order chi connectivity index (χ1) is 10.3. The first-order valence-corrected chi connectivity index (χ1v) is 7.65. The van der Waals surface area contributed by atoms with Gasteiger partial charge in [0.1, 0.15) is 0 Å². The van der Waals surface area contributed by atoms with Gasteiger partial charge in [-0.05, 0) is 56.1 Å². The molecular weight excluding hydrogens is 286 g/mol. The summed E-state index contributed by atoms with van der Waals surface area (Å²) < 4.78 is 0. The molecule has 1 amide bonds. The van der Waals surface area contributed by atoms with E-state index in [2.05, 4.69) is 15.6 Å². The number of halogens is 1. The number of hydrogen-bond donors (Lipinski definition) is 2. The second kappa shape index (κ2) is 6.41. The summed E-state index contributed by atoms with van der Waals surface area (Å²) in [6, 6.07) is 7.20. The molecule has 1 fully saturated rings. The van der Waals surface area contributed by atoms with E-state index in [1.165, 1.54) is 6.42 Å². The lowest BCUT2D eigenvalue weighted by molar-refractivity contribution is 0.0946. The quantitative estimate of drug-likeness (QED) is 0.916. The highest BCUT2D eigenvalue weighted by Crippen LogP contribution is 2.24. The van der Waals surface area contributed by atoms with Crippen molar-refractivity contribution < 1.29 is 4.79 Å². The van der Waals surface area contributed by atoms with E-state index in [4.69, 9.17) is 11.6 Å². The number of benzene rings is 1. The van der Waals surface area contributed by atoms with Crippen LogP contribution in [0.15, 0.2) is 30.5 Å². The Morgan fingerprint density at radius 2 is 2.33 bits per heavy atom. The SMILES string of the molecule is O=C(NCC1CCCNC1)c1ccc(Cl)c2cccnc12. The third-order valence-corrected chi connectivity index (χ3v) is 4.24. The Morgan fingerprint density at radius 3 is 3.14 bits per heavy atom. The molecule has 2 heterocycles. The van der Waals surface area contributed by atoms with E-state index in [-0.39, 0.29) is 5.91 Å². The van der Waals surface area contributed by atoms with E-state index in [0.29, 0.717) is 28.6 Å². The lowest BCUT2D eigenvalue weighted by atomic mass is 9.99. The minimum absolute atomic E-state index is 0.0825. The number of amides is 1. The molecule has 4 nitrogen and oxygen atoms in total. The summed E-state index contributed by atoms with van der Waals surface area (Å²) in [5.74, 6) is 0.426. The van der Waals surface area contributed by atoms with Gasteiger partial charge in [-0.15, -0.1) is 0 Å². The molecule has 0 aliphatic carbocycles. The molecule has 1 unspecified atom stereocenters. The maximum atomic E-state index is 12.4. The second-order valence-corrected chi connectivity index (χ2v) is 5.82. The van der Waals surface area contributed by atoms with E-state index < -0.39 is 0 Å². The van der Waals surface area contributed by atoms with Crippen molar-refractivity contribution in [2.75, 3.05) is 19.6 Å². The fourth-order valence-corrected chi connectivity index (χ4v) is 2.97. The standard InChI is InChI=1S/C16H18ClN3O/c17-14-6-5-13(15-12(14)4-2-8-19-15)16(21)20-10-11-3-1-7-18-9-11/h2,4-6,8,11,18H,1,3,7,9-10H2,(H,20,21). The molecule has 1 aliphatic heterocycles. The van der Waals surface area contributed by atoms with Crippen LogP contribution in [-0.4, -0.2) is 30.5 Å². The fourth-order valence-electron chi connectivity index (χ4n) is 2.75. The molecule has 0 bridgehead atoms. The molecule has 2 N–H and O–H groups in total. The molecule has 21 heavy (non-hydrogen) atoms. The van der Waals surface area contributed by atoms with Gasteiger partial charge in [0, 0.05) is 18.1 Å². The molecule has 1 aromatic heterocycles. The van der Waals surface area contributed by atoms with Gasteiger partial charge >= 0.3 is 0 Å². The van der Waals surface area contributed by atoms with Crippen LogP contribution in [0.25, 0.3) is 10.9 Å². The van der Waals surface area contributed by atoms with Gasteiger partial charge < -0.3 is 10.6 Å². The molecule has 110 valence electrons. The van der Waals surface area contributed by atoms with Crippen molar-refractivity contribution in [3.05, 3.63) is 41.0 Å². The van der Waals surface area contributed by atoms with Crippen LogP contribution in [0.2, 0.25) is 5.02 Å². The van der Waals surface area contributed by atoms with Crippen molar-refractivity contribution in [1.82, 2.24) is 15.6 Å². The molecule has 1 aliphatic rings. The summed E-state index contributed by atoms with van der Waals surface area (Å²) in [6.45, 7) is 2.75. The topological polar surface area (TPSA) is 54.0 Å². The largest absolute Gasteiger partial charge is 0.352 e. The third kappa shape index (κ3) is 3.17. The maximum Gasteiger partial charge on any atom is 0.253 e. The summed E-state index contributed by atoms with van der Waals surface area (Å²) in [6.07, 6.45) is 4.01. The van der Waals surface area contributed by atoms with E-state index in [0.717, 1.165) is 24.9 Å². The predicted molar refractivity (Wildman–Crippen MR) is 84.7 cm³/mol. The summed E-state index contributed by atoms with van der Waals surface area (Å²) in [5.41, 5.74) is 1.24.